The summed E-state index contributed by atoms with van der Waals surface area (Å²) in [5.41, 5.74) is 6.10. The van der Waals surface area contributed by atoms with Gasteiger partial charge in [0, 0.05) is 11.3 Å². The second-order valence-electron chi connectivity index (χ2n) is 5.04. The van der Waals surface area contributed by atoms with Crippen LogP contribution in [0.2, 0.25) is 0 Å². The van der Waals surface area contributed by atoms with Crippen molar-refractivity contribution < 1.29 is 9.59 Å². The lowest BCUT2D eigenvalue weighted by atomic mass is 10.1. The highest BCUT2D eigenvalue weighted by Gasteiger charge is 2.16. The van der Waals surface area contributed by atoms with E-state index in [2.05, 4.69) is 29.9 Å². The van der Waals surface area contributed by atoms with Crippen LogP contribution in [0.25, 0.3) is 0 Å². The van der Waals surface area contributed by atoms with E-state index in [1.807, 2.05) is 13.0 Å². The Balaban J connectivity index is 1.81. The van der Waals surface area contributed by atoms with Crippen LogP contribution in [0.15, 0.2) is 18.2 Å². The highest BCUT2D eigenvalue weighted by atomic mass is 32.1. The third-order valence-corrected chi connectivity index (χ3v) is 4.82. The van der Waals surface area contributed by atoms with Gasteiger partial charge in [0.2, 0.25) is 5.91 Å². The lowest BCUT2D eigenvalue weighted by molar-refractivity contribution is -0.122. The molecule has 5 heteroatoms. The Hall–Kier alpha value is -1.62. The maximum Gasteiger partial charge on any atom is 0.279 e. The number of allylic oxidation sites excluding steroid dienone is 2. The number of thiophene rings is 1. The van der Waals surface area contributed by atoms with Crippen molar-refractivity contribution in [3.8, 4) is 0 Å². The van der Waals surface area contributed by atoms with Gasteiger partial charge in [-0.05, 0) is 43.7 Å². The predicted molar refractivity (Wildman–Crippen MR) is 80.5 cm³/mol. The van der Waals surface area contributed by atoms with Crippen molar-refractivity contribution in [2.45, 2.75) is 39.5 Å². The summed E-state index contributed by atoms with van der Waals surface area (Å²) in [6.07, 6.45) is 7.57. The zero-order valence-electron chi connectivity index (χ0n) is 11.9. The fourth-order valence-corrected chi connectivity index (χ4v) is 3.33. The molecule has 108 valence electrons. The summed E-state index contributed by atoms with van der Waals surface area (Å²) in [5, 5.41) is 0. The van der Waals surface area contributed by atoms with E-state index in [1.54, 1.807) is 0 Å². The Morgan fingerprint density at radius 3 is 2.80 bits per heavy atom. The zero-order valence-corrected chi connectivity index (χ0v) is 12.7. The molecule has 0 saturated heterocycles. The molecule has 1 heterocycles. The first kappa shape index (κ1) is 14.8. The van der Waals surface area contributed by atoms with E-state index in [0.717, 1.165) is 24.8 Å². The summed E-state index contributed by atoms with van der Waals surface area (Å²) in [4.78, 5) is 25.5. The van der Waals surface area contributed by atoms with Crippen molar-refractivity contribution in [2.24, 2.45) is 5.92 Å². The molecule has 0 saturated carbocycles. The molecule has 1 aliphatic carbocycles. The first-order valence-corrected chi connectivity index (χ1v) is 7.77. The number of carbonyl (C=O) groups excluding carboxylic acids is 2. The first-order valence-electron chi connectivity index (χ1n) is 6.95. The number of carbonyl (C=O) groups is 2. The Morgan fingerprint density at radius 2 is 2.20 bits per heavy atom. The first-order chi connectivity index (χ1) is 9.60. The molecule has 0 spiro atoms. The maximum atomic E-state index is 11.9. The SMILES string of the molecule is CCc1sc(C(=O)NNC(=O)C[C@@H]2C=CCC2)cc1C. The summed E-state index contributed by atoms with van der Waals surface area (Å²) < 4.78 is 0. The van der Waals surface area contributed by atoms with E-state index in [-0.39, 0.29) is 11.8 Å². The Labute approximate surface area is 123 Å². The molecule has 20 heavy (non-hydrogen) atoms. The number of nitrogens with one attached hydrogen (secondary N) is 2. The fraction of sp³-hybridized carbons (Fsp3) is 0.467. The molecule has 0 bridgehead atoms. The van der Waals surface area contributed by atoms with Crippen LogP contribution < -0.4 is 10.9 Å². The van der Waals surface area contributed by atoms with E-state index in [4.69, 9.17) is 0 Å². The van der Waals surface area contributed by atoms with Gasteiger partial charge < -0.3 is 0 Å². The van der Waals surface area contributed by atoms with E-state index >= 15 is 0 Å². The molecular formula is C15H20N2O2S. The molecular weight excluding hydrogens is 272 g/mol. The number of hydrogen-bond acceptors (Lipinski definition) is 3. The summed E-state index contributed by atoms with van der Waals surface area (Å²) >= 11 is 1.48. The fourth-order valence-electron chi connectivity index (χ4n) is 2.33. The average molecular weight is 292 g/mol. The molecule has 1 atom stereocenters. The Kier molecular flexibility index (Phi) is 4.95. The molecule has 1 aliphatic rings. The molecule has 0 aliphatic heterocycles. The third kappa shape index (κ3) is 3.70. The Morgan fingerprint density at radius 1 is 1.40 bits per heavy atom. The van der Waals surface area contributed by atoms with Crippen LogP contribution >= 0.6 is 11.3 Å². The molecule has 0 radical (unpaired) electrons. The number of rotatable bonds is 4. The van der Waals surface area contributed by atoms with Crippen molar-refractivity contribution in [1.29, 1.82) is 0 Å². The minimum atomic E-state index is -0.242. The average Bonchev–Trinajstić information content (AvgIpc) is 3.05. The highest BCUT2D eigenvalue weighted by molar-refractivity contribution is 7.14. The number of aryl methyl sites for hydroxylation is 2. The van der Waals surface area contributed by atoms with Gasteiger partial charge in [0.1, 0.15) is 0 Å². The molecule has 2 rings (SSSR count). The second-order valence-corrected chi connectivity index (χ2v) is 6.18. The van der Waals surface area contributed by atoms with Gasteiger partial charge >= 0.3 is 0 Å². The van der Waals surface area contributed by atoms with Gasteiger partial charge in [-0.3, -0.25) is 20.4 Å². The lowest BCUT2D eigenvalue weighted by Crippen LogP contribution is -2.41. The van der Waals surface area contributed by atoms with E-state index in [1.165, 1.54) is 16.2 Å². The second kappa shape index (κ2) is 6.70. The smallest absolute Gasteiger partial charge is 0.273 e. The van der Waals surface area contributed by atoms with Crippen LogP contribution in [0, 0.1) is 12.8 Å². The highest BCUT2D eigenvalue weighted by Crippen LogP contribution is 2.22. The van der Waals surface area contributed by atoms with Gasteiger partial charge in [-0.1, -0.05) is 19.1 Å². The minimum absolute atomic E-state index is 0.140. The van der Waals surface area contributed by atoms with Crippen LogP contribution in [-0.4, -0.2) is 11.8 Å². The zero-order chi connectivity index (χ0) is 14.5. The van der Waals surface area contributed by atoms with Crippen molar-refractivity contribution in [1.82, 2.24) is 10.9 Å². The van der Waals surface area contributed by atoms with Crippen LogP contribution in [-0.2, 0) is 11.2 Å². The molecule has 1 aromatic heterocycles. The van der Waals surface area contributed by atoms with Gasteiger partial charge in [0.15, 0.2) is 0 Å². The molecule has 0 fully saturated rings. The summed E-state index contributed by atoms with van der Waals surface area (Å²) in [7, 11) is 0. The minimum Gasteiger partial charge on any atom is -0.273 e. The summed E-state index contributed by atoms with van der Waals surface area (Å²) in [6.45, 7) is 4.06. The van der Waals surface area contributed by atoms with Crippen LogP contribution in [0.4, 0.5) is 0 Å². The molecule has 2 amide bonds. The molecule has 0 aromatic carbocycles. The molecule has 1 aromatic rings. The summed E-state index contributed by atoms with van der Waals surface area (Å²) in [5.74, 6) is -0.0745. The lowest BCUT2D eigenvalue weighted by Gasteiger charge is -2.09. The van der Waals surface area contributed by atoms with E-state index in [9.17, 15) is 9.59 Å². The number of hydrogen-bond donors (Lipinski definition) is 2. The largest absolute Gasteiger partial charge is 0.279 e. The van der Waals surface area contributed by atoms with E-state index in [0.29, 0.717) is 17.2 Å². The molecule has 0 unspecified atom stereocenters. The Bertz CT molecular complexity index is 534. The topological polar surface area (TPSA) is 58.2 Å². The normalized spacial score (nSPS) is 17.2. The monoisotopic (exact) mass is 292 g/mol. The van der Waals surface area contributed by atoms with Gasteiger partial charge in [0.05, 0.1) is 4.88 Å². The third-order valence-electron chi connectivity index (χ3n) is 3.44. The van der Waals surface area contributed by atoms with Crippen molar-refractivity contribution >= 4 is 23.2 Å². The summed E-state index contributed by atoms with van der Waals surface area (Å²) in [6, 6.07) is 1.87. The quantitative estimate of drug-likeness (QED) is 0.662. The predicted octanol–water partition coefficient (Wildman–Crippen LogP) is 2.74. The van der Waals surface area contributed by atoms with Gasteiger partial charge in [0.25, 0.3) is 5.91 Å². The molecule has 2 N–H and O–H groups in total. The standard InChI is InChI=1S/C15H20N2O2S/c1-3-12-10(2)8-13(20-12)15(19)17-16-14(18)9-11-6-4-5-7-11/h4,6,8,11H,3,5,7,9H2,1-2H3,(H,16,18)(H,17,19)/t11-/m1/s1. The van der Waals surface area contributed by atoms with Gasteiger partial charge in [-0.15, -0.1) is 11.3 Å². The van der Waals surface area contributed by atoms with Crippen molar-refractivity contribution in [3.63, 3.8) is 0 Å². The van der Waals surface area contributed by atoms with Crippen LogP contribution in [0.3, 0.4) is 0 Å². The van der Waals surface area contributed by atoms with Crippen LogP contribution in [0.5, 0.6) is 0 Å². The van der Waals surface area contributed by atoms with Gasteiger partial charge in [-0.25, -0.2) is 0 Å². The van der Waals surface area contributed by atoms with E-state index < -0.39 is 0 Å². The molecule has 4 nitrogen and oxygen atoms in total. The van der Waals surface area contributed by atoms with Crippen molar-refractivity contribution in [2.75, 3.05) is 0 Å². The van der Waals surface area contributed by atoms with Gasteiger partial charge in [-0.2, -0.15) is 0 Å². The van der Waals surface area contributed by atoms with Crippen LogP contribution in [0.1, 0.15) is 46.3 Å². The number of hydrazine groups is 1. The van der Waals surface area contributed by atoms with Crippen molar-refractivity contribution in [3.05, 3.63) is 33.5 Å². The maximum absolute atomic E-state index is 11.9. The number of amides is 2.